The van der Waals surface area contributed by atoms with E-state index in [1.165, 1.54) is 5.56 Å². The fourth-order valence-corrected chi connectivity index (χ4v) is 2.64. The number of β-amino-alcohol motifs (C(OH)–C–C–N with tert-alkyl or cyclic N) is 1. The van der Waals surface area contributed by atoms with Crippen LogP contribution in [0.5, 0.6) is 0 Å². The zero-order valence-corrected chi connectivity index (χ0v) is 13.2. The fourth-order valence-electron chi connectivity index (χ4n) is 2.64. The van der Waals surface area contributed by atoms with E-state index in [9.17, 15) is 9.90 Å². The molecule has 1 aliphatic rings. The van der Waals surface area contributed by atoms with Gasteiger partial charge in [0.15, 0.2) is 0 Å². The molecule has 0 radical (unpaired) electrons. The van der Waals surface area contributed by atoms with Crippen molar-refractivity contribution in [2.45, 2.75) is 39.2 Å². The van der Waals surface area contributed by atoms with E-state index in [4.69, 9.17) is 0 Å². The van der Waals surface area contributed by atoms with Crippen molar-refractivity contribution in [1.29, 1.82) is 0 Å². The average molecular weight is 290 g/mol. The van der Waals surface area contributed by atoms with Gasteiger partial charge >= 0.3 is 0 Å². The SMILES string of the molecule is CC(C)c1cccc(NC(=O)CN2CCC(C)C(O)C2)c1. The van der Waals surface area contributed by atoms with Crippen molar-refractivity contribution >= 4 is 11.6 Å². The highest BCUT2D eigenvalue weighted by Crippen LogP contribution is 2.19. The lowest BCUT2D eigenvalue weighted by molar-refractivity contribution is -0.118. The molecular formula is C17H26N2O2. The van der Waals surface area contributed by atoms with Crippen molar-refractivity contribution in [2.75, 3.05) is 25.0 Å². The number of carbonyl (C=O) groups is 1. The summed E-state index contributed by atoms with van der Waals surface area (Å²) < 4.78 is 0. The van der Waals surface area contributed by atoms with Gasteiger partial charge in [0.05, 0.1) is 12.6 Å². The highest BCUT2D eigenvalue weighted by atomic mass is 16.3. The zero-order valence-electron chi connectivity index (χ0n) is 13.2. The molecule has 2 atom stereocenters. The van der Waals surface area contributed by atoms with Crippen LogP contribution in [0.2, 0.25) is 0 Å². The van der Waals surface area contributed by atoms with Crippen LogP contribution >= 0.6 is 0 Å². The van der Waals surface area contributed by atoms with Crippen molar-refractivity contribution in [2.24, 2.45) is 5.92 Å². The molecular weight excluding hydrogens is 264 g/mol. The Kier molecular flexibility index (Phi) is 5.37. The predicted molar refractivity (Wildman–Crippen MR) is 85.4 cm³/mol. The Morgan fingerprint density at radius 2 is 2.24 bits per heavy atom. The Hall–Kier alpha value is -1.39. The number of nitrogens with one attached hydrogen (secondary N) is 1. The monoisotopic (exact) mass is 290 g/mol. The van der Waals surface area contributed by atoms with E-state index in [2.05, 4.69) is 32.2 Å². The number of hydrogen-bond donors (Lipinski definition) is 2. The zero-order chi connectivity index (χ0) is 15.4. The third kappa shape index (κ3) is 4.55. The molecule has 0 bridgehead atoms. The highest BCUT2D eigenvalue weighted by Gasteiger charge is 2.25. The van der Waals surface area contributed by atoms with E-state index in [0.29, 0.717) is 24.9 Å². The summed E-state index contributed by atoms with van der Waals surface area (Å²) in [7, 11) is 0. The minimum absolute atomic E-state index is 0.0161. The standard InChI is InChI=1S/C17H26N2O2/c1-12(2)14-5-4-6-15(9-14)18-17(21)11-19-8-7-13(3)16(20)10-19/h4-6,9,12-13,16,20H,7-8,10-11H2,1-3H3,(H,18,21). The molecule has 21 heavy (non-hydrogen) atoms. The Morgan fingerprint density at radius 1 is 1.48 bits per heavy atom. The minimum atomic E-state index is -0.323. The van der Waals surface area contributed by atoms with Crippen LogP contribution in [0.25, 0.3) is 0 Å². The number of piperidine rings is 1. The van der Waals surface area contributed by atoms with Crippen molar-refractivity contribution in [3.63, 3.8) is 0 Å². The van der Waals surface area contributed by atoms with Crippen LogP contribution in [-0.4, -0.2) is 41.7 Å². The molecule has 0 aliphatic carbocycles. The number of amides is 1. The molecule has 1 aromatic carbocycles. The third-order valence-electron chi connectivity index (χ3n) is 4.21. The maximum Gasteiger partial charge on any atom is 0.238 e. The summed E-state index contributed by atoms with van der Waals surface area (Å²) in [6, 6.07) is 7.98. The number of nitrogens with zero attached hydrogens (tertiary/aromatic N) is 1. The molecule has 1 aliphatic heterocycles. The van der Waals surface area contributed by atoms with Crippen LogP contribution in [0.4, 0.5) is 5.69 Å². The maximum absolute atomic E-state index is 12.1. The first-order valence-corrected chi connectivity index (χ1v) is 7.76. The van der Waals surface area contributed by atoms with Gasteiger partial charge in [-0.1, -0.05) is 32.9 Å². The quantitative estimate of drug-likeness (QED) is 0.895. The van der Waals surface area contributed by atoms with Crippen molar-refractivity contribution in [3.05, 3.63) is 29.8 Å². The van der Waals surface area contributed by atoms with Crippen LogP contribution in [0.15, 0.2) is 24.3 Å². The molecule has 1 aromatic rings. The molecule has 0 spiro atoms. The van der Waals surface area contributed by atoms with E-state index in [0.717, 1.165) is 18.7 Å². The summed E-state index contributed by atoms with van der Waals surface area (Å²) in [6.07, 6.45) is 0.618. The molecule has 0 saturated carbocycles. The first kappa shape index (κ1) is 16.0. The predicted octanol–water partition coefficient (Wildman–Crippen LogP) is 2.45. The summed E-state index contributed by atoms with van der Waals surface area (Å²) >= 11 is 0. The molecule has 4 nitrogen and oxygen atoms in total. The van der Waals surface area contributed by atoms with Gasteiger partial charge in [0.1, 0.15) is 0 Å². The second-order valence-corrected chi connectivity index (χ2v) is 6.40. The van der Waals surface area contributed by atoms with E-state index in [1.54, 1.807) is 0 Å². The van der Waals surface area contributed by atoms with Gasteiger partial charge in [-0.05, 0) is 42.5 Å². The van der Waals surface area contributed by atoms with Gasteiger partial charge in [-0.2, -0.15) is 0 Å². The van der Waals surface area contributed by atoms with Gasteiger partial charge < -0.3 is 10.4 Å². The molecule has 1 heterocycles. The molecule has 1 saturated heterocycles. The Morgan fingerprint density at radius 3 is 2.90 bits per heavy atom. The van der Waals surface area contributed by atoms with E-state index >= 15 is 0 Å². The second kappa shape index (κ2) is 7.05. The minimum Gasteiger partial charge on any atom is -0.392 e. The lowest BCUT2D eigenvalue weighted by Crippen LogP contribution is -2.45. The van der Waals surface area contributed by atoms with Gasteiger partial charge in [-0.3, -0.25) is 9.69 Å². The van der Waals surface area contributed by atoms with Gasteiger partial charge in [-0.25, -0.2) is 0 Å². The Balaban J connectivity index is 1.88. The number of hydrogen-bond acceptors (Lipinski definition) is 3. The van der Waals surface area contributed by atoms with Crippen LogP contribution in [0, 0.1) is 5.92 Å². The fraction of sp³-hybridized carbons (Fsp3) is 0.588. The van der Waals surface area contributed by atoms with Crippen molar-refractivity contribution in [1.82, 2.24) is 4.90 Å². The Labute approximate surface area is 127 Å². The summed E-state index contributed by atoms with van der Waals surface area (Å²) in [5.41, 5.74) is 2.06. The summed E-state index contributed by atoms with van der Waals surface area (Å²) in [4.78, 5) is 14.1. The first-order chi connectivity index (χ1) is 9.95. The lowest BCUT2D eigenvalue weighted by Gasteiger charge is -2.33. The smallest absolute Gasteiger partial charge is 0.238 e. The summed E-state index contributed by atoms with van der Waals surface area (Å²) in [5, 5.41) is 12.8. The molecule has 2 rings (SSSR count). The number of benzene rings is 1. The molecule has 2 unspecified atom stereocenters. The van der Waals surface area contributed by atoms with E-state index < -0.39 is 0 Å². The second-order valence-electron chi connectivity index (χ2n) is 6.40. The van der Waals surface area contributed by atoms with Crippen LogP contribution in [-0.2, 0) is 4.79 Å². The lowest BCUT2D eigenvalue weighted by atomic mass is 9.96. The molecule has 2 N–H and O–H groups in total. The average Bonchev–Trinajstić information content (AvgIpc) is 2.43. The molecule has 4 heteroatoms. The number of rotatable bonds is 4. The third-order valence-corrected chi connectivity index (χ3v) is 4.21. The number of likely N-dealkylation sites (tertiary alicyclic amines) is 1. The number of aliphatic hydroxyl groups excluding tert-OH is 1. The number of anilines is 1. The molecule has 1 fully saturated rings. The van der Waals surface area contributed by atoms with Crippen LogP contribution in [0.1, 0.15) is 38.7 Å². The summed E-state index contributed by atoms with van der Waals surface area (Å²) in [6.45, 7) is 8.13. The molecule has 0 aromatic heterocycles. The molecule has 116 valence electrons. The van der Waals surface area contributed by atoms with Crippen molar-refractivity contribution < 1.29 is 9.90 Å². The van der Waals surface area contributed by atoms with Gasteiger partial charge in [0.2, 0.25) is 5.91 Å². The van der Waals surface area contributed by atoms with E-state index in [1.807, 2.05) is 23.1 Å². The Bertz CT molecular complexity index is 487. The van der Waals surface area contributed by atoms with Gasteiger partial charge in [-0.15, -0.1) is 0 Å². The maximum atomic E-state index is 12.1. The number of carbonyl (C=O) groups excluding carboxylic acids is 1. The normalized spacial score (nSPS) is 23.3. The largest absolute Gasteiger partial charge is 0.392 e. The summed E-state index contributed by atoms with van der Waals surface area (Å²) in [5.74, 6) is 0.755. The van der Waals surface area contributed by atoms with Gasteiger partial charge in [0.25, 0.3) is 0 Å². The highest BCUT2D eigenvalue weighted by molar-refractivity contribution is 5.92. The first-order valence-electron chi connectivity index (χ1n) is 7.76. The van der Waals surface area contributed by atoms with Gasteiger partial charge in [0, 0.05) is 12.2 Å². The number of aliphatic hydroxyl groups is 1. The van der Waals surface area contributed by atoms with Crippen molar-refractivity contribution in [3.8, 4) is 0 Å². The van der Waals surface area contributed by atoms with Crippen LogP contribution < -0.4 is 5.32 Å². The van der Waals surface area contributed by atoms with E-state index in [-0.39, 0.29) is 12.0 Å². The molecule has 1 amide bonds. The topological polar surface area (TPSA) is 52.6 Å². The van der Waals surface area contributed by atoms with Crippen LogP contribution in [0.3, 0.4) is 0 Å².